The Hall–Kier alpha value is -0.0800. The molecular weight excluding hydrogens is 220 g/mol. The lowest BCUT2D eigenvalue weighted by Gasteiger charge is -2.36. The maximum absolute atomic E-state index is 3.76. The van der Waals surface area contributed by atoms with Crippen LogP contribution >= 0.6 is 0 Å². The minimum Gasteiger partial charge on any atom is -0.312 e. The van der Waals surface area contributed by atoms with Crippen molar-refractivity contribution < 1.29 is 0 Å². The molecule has 0 amide bonds. The number of nitrogens with one attached hydrogen (secondary N) is 1. The number of likely N-dealkylation sites (N-methyl/N-ethyl adjacent to an activating group) is 1. The molecule has 0 aromatic carbocycles. The Kier molecular flexibility index (Phi) is 4.38. The highest BCUT2D eigenvalue weighted by molar-refractivity contribution is 5.02. The predicted molar refractivity (Wildman–Crippen MR) is 78.8 cm³/mol. The number of likely N-dealkylation sites (tertiary alicyclic amines) is 1. The van der Waals surface area contributed by atoms with Gasteiger partial charge in [0.15, 0.2) is 0 Å². The Morgan fingerprint density at radius 1 is 1.28 bits per heavy atom. The summed E-state index contributed by atoms with van der Waals surface area (Å²) in [5, 5.41) is 3.76. The normalized spacial score (nSPS) is 36.7. The fourth-order valence-electron chi connectivity index (χ4n) is 4.05. The molecule has 3 unspecified atom stereocenters. The van der Waals surface area contributed by atoms with Gasteiger partial charge in [-0.05, 0) is 49.6 Å². The molecule has 0 radical (unpaired) electrons. The van der Waals surface area contributed by atoms with Crippen LogP contribution in [0.15, 0.2) is 0 Å². The van der Waals surface area contributed by atoms with Crippen LogP contribution < -0.4 is 5.32 Å². The van der Waals surface area contributed by atoms with Gasteiger partial charge < -0.3 is 5.32 Å². The molecule has 1 N–H and O–H groups in total. The van der Waals surface area contributed by atoms with E-state index in [0.717, 1.165) is 24.4 Å². The number of hydrogen-bond acceptors (Lipinski definition) is 2. The van der Waals surface area contributed by atoms with Crippen molar-refractivity contribution >= 4 is 0 Å². The highest BCUT2D eigenvalue weighted by Crippen LogP contribution is 2.41. The monoisotopic (exact) mass is 252 g/mol. The fourth-order valence-corrected chi connectivity index (χ4v) is 4.05. The van der Waals surface area contributed by atoms with E-state index in [4.69, 9.17) is 0 Å². The maximum Gasteiger partial charge on any atom is 0.0274 e. The van der Waals surface area contributed by atoms with Crippen LogP contribution in [0.4, 0.5) is 0 Å². The van der Waals surface area contributed by atoms with E-state index in [0.29, 0.717) is 11.5 Å². The molecule has 2 aliphatic rings. The van der Waals surface area contributed by atoms with Gasteiger partial charge in [0.25, 0.3) is 0 Å². The van der Waals surface area contributed by atoms with Crippen molar-refractivity contribution in [3.05, 3.63) is 0 Å². The topological polar surface area (TPSA) is 15.3 Å². The standard InChI is InChI=1S/C16H32N2/c1-6-17-15-14(7-9-16(15,4)5)18-10-8-13(11-18)12(2)3/h12-15,17H,6-11H2,1-5H3. The van der Waals surface area contributed by atoms with Crippen LogP contribution in [0.1, 0.15) is 53.9 Å². The predicted octanol–water partition coefficient (Wildman–Crippen LogP) is 3.13. The maximum atomic E-state index is 3.76. The van der Waals surface area contributed by atoms with E-state index < -0.39 is 0 Å². The quantitative estimate of drug-likeness (QED) is 0.827. The Bertz CT molecular complexity index is 272. The molecule has 2 fully saturated rings. The minimum absolute atomic E-state index is 0.469. The second-order valence-electron chi connectivity index (χ2n) is 7.42. The first kappa shape index (κ1) is 14.3. The molecule has 18 heavy (non-hydrogen) atoms. The van der Waals surface area contributed by atoms with E-state index in [2.05, 4.69) is 44.8 Å². The van der Waals surface area contributed by atoms with Crippen LogP contribution in [0.25, 0.3) is 0 Å². The highest BCUT2D eigenvalue weighted by atomic mass is 15.2. The lowest BCUT2D eigenvalue weighted by atomic mass is 9.86. The molecule has 106 valence electrons. The second-order valence-corrected chi connectivity index (χ2v) is 7.42. The Labute approximate surface area is 114 Å². The van der Waals surface area contributed by atoms with E-state index in [1.807, 2.05) is 0 Å². The Morgan fingerprint density at radius 3 is 2.56 bits per heavy atom. The SMILES string of the molecule is CCNC1C(N2CCC(C(C)C)C2)CCC1(C)C. The lowest BCUT2D eigenvalue weighted by molar-refractivity contribution is 0.164. The second kappa shape index (κ2) is 5.50. The van der Waals surface area contributed by atoms with Crippen molar-refractivity contribution in [1.82, 2.24) is 10.2 Å². The highest BCUT2D eigenvalue weighted by Gasteiger charge is 2.45. The molecule has 0 bridgehead atoms. The summed E-state index contributed by atoms with van der Waals surface area (Å²) in [6.07, 6.45) is 4.17. The summed E-state index contributed by atoms with van der Waals surface area (Å²) in [6, 6.07) is 1.47. The van der Waals surface area contributed by atoms with Gasteiger partial charge in [-0.15, -0.1) is 0 Å². The summed E-state index contributed by atoms with van der Waals surface area (Å²) < 4.78 is 0. The van der Waals surface area contributed by atoms with Crippen LogP contribution in [0.3, 0.4) is 0 Å². The summed E-state index contributed by atoms with van der Waals surface area (Å²) in [5.74, 6) is 1.78. The van der Waals surface area contributed by atoms with Crippen LogP contribution in [0.2, 0.25) is 0 Å². The molecule has 0 aromatic rings. The third-order valence-electron chi connectivity index (χ3n) is 5.40. The average Bonchev–Trinajstić information content (AvgIpc) is 2.86. The molecule has 1 heterocycles. The molecule has 0 spiro atoms. The zero-order chi connectivity index (χ0) is 13.3. The molecular formula is C16H32N2. The molecule has 0 aromatic heterocycles. The van der Waals surface area contributed by atoms with Crippen molar-refractivity contribution in [2.75, 3.05) is 19.6 Å². The van der Waals surface area contributed by atoms with Crippen molar-refractivity contribution in [2.45, 2.75) is 66.0 Å². The molecule has 2 nitrogen and oxygen atoms in total. The Morgan fingerprint density at radius 2 is 2.00 bits per heavy atom. The van der Waals surface area contributed by atoms with Crippen LogP contribution in [-0.2, 0) is 0 Å². The molecule has 1 aliphatic heterocycles. The zero-order valence-electron chi connectivity index (χ0n) is 13.0. The van der Waals surface area contributed by atoms with Gasteiger partial charge in [-0.2, -0.15) is 0 Å². The number of hydrogen-bond donors (Lipinski definition) is 1. The van der Waals surface area contributed by atoms with Gasteiger partial charge >= 0.3 is 0 Å². The molecule has 2 heteroatoms. The summed E-state index contributed by atoms with van der Waals surface area (Å²) in [4.78, 5) is 2.78. The van der Waals surface area contributed by atoms with Crippen molar-refractivity contribution in [2.24, 2.45) is 17.3 Å². The molecule has 3 atom stereocenters. The fraction of sp³-hybridized carbons (Fsp3) is 1.00. The molecule has 1 saturated heterocycles. The number of nitrogens with zero attached hydrogens (tertiary/aromatic N) is 1. The first-order valence-electron chi connectivity index (χ1n) is 7.93. The first-order chi connectivity index (χ1) is 8.45. The van der Waals surface area contributed by atoms with Crippen molar-refractivity contribution in [3.8, 4) is 0 Å². The third kappa shape index (κ3) is 2.75. The van der Waals surface area contributed by atoms with E-state index in [1.165, 1.54) is 32.4 Å². The zero-order valence-corrected chi connectivity index (χ0v) is 13.0. The largest absolute Gasteiger partial charge is 0.312 e. The summed E-state index contributed by atoms with van der Waals surface area (Å²) in [5.41, 5.74) is 0.469. The molecule has 1 aliphatic carbocycles. The summed E-state index contributed by atoms with van der Waals surface area (Å²) >= 11 is 0. The van der Waals surface area contributed by atoms with Gasteiger partial charge in [-0.25, -0.2) is 0 Å². The van der Waals surface area contributed by atoms with E-state index in [-0.39, 0.29) is 0 Å². The van der Waals surface area contributed by atoms with Crippen LogP contribution in [0, 0.1) is 17.3 Å². The van der Waals surface area contributed by atoms with Gasteiger partial charge in [0, 0.05) is 18.6 Å². The van der Waals surface area contributed by atoms with E-state index in [1.54, 1.807) is 0 Å². The van der Waals surface area contributed by atoms with E-state index >= 15 is 0 Å². The molecule has 1 saturated carbocycles. The first-order valence-corrected chi connectivity index (χ1v) is 7.93. The smallest absolute Gasteiger partial charge is 0.0274 e. The summed E-state index contributed by atoms with van der Waals surface area (Å²) in [6.45, 7) is 15.7. The van der Waals surface area contributed by atoms with Crippen LogP contribution in [0.5, 0.6) is 0 Å². The third-order valence-corrected chi connectivity index (χ3v) is 5.40. The average molecular weight is 252 g/mol. The van der Waals surface area contributed by atoms with Crippen molar-refractivity contribution in [1.29, 1.82) is 0 Å². The van der Waals surface area contributed by atoms with Gasteiger partial charge in [0.1, 0.15) is 0 Å². The minimum atomic E-state index is 0.469. The van der Waals surface area contributed by atoms with Gasteiger partial charge in [0.05, 0.1) is 0 Å². The van der Waals surface area contributed by atoms with Crippen molar-refractivity contribution in [3.63, 3.8) is 0 Å². The van der Waals surface area contributed by atoms with Crippen LogP contribution in [-0.4, -0.2) is 36.6 Å². The number of rotatable bonds is 4. The summed E-state index contributed by atoms with van der Waals surface area (Å²) in [7, 11) is 0. The lowest BCUT2D eigenvalue weighted by Crippen LogP contribution is -2.51. The van der Waals surface area contributed by atoms with E-state index in [9.17, 15) is 0 Å². The van der Waals surface area contributed by atoms with Gasteiger partial charge in [-0.1, -0.05) is 34.6 Å². The molecule has 2 rings (SSSR count). The van der Waals surface area contributed by atoms with Gasteiger partial charge in [0.2, 0.25) is 0 Å². The Balaban J connectivity index is 2.00. The van der Waals surface area contributed by atoms with Gasteiger partial charge in [-0.3, -0.25) is 4.90 Å².